The minimum absolute atomic E-state index is 0.0583. The Morgan fingerprint density at radius 2 is 1.77 bits per heavy atom. The van der Waals surface area contributed by atoms with Gasteiger partial charge in [0.25, 0.3) is 5.91 Å². The van der Waals surface area contributed by atoms with Gasteiger partial charge in [-0.05, 0) is 49.1 Å². The first kappa shape index (κ1) is 21.7. The highest BCUT2D eigenvalue weighted by Gasteiger charge is 2.31. The highest BCUT2D eigenvalue weighted by molar-refractivity contribution is 5.94. The van der Waals surface area contributed by atoms with E-state index < -0.39 is 0 Å². The van der Waals surface area contributed by atoms with Crippen LogP contribution in [0, 0.1) is 0 Å². The van der Waals surface area contributed by atoms with E-state index in [0.29, 0.717) is 12.7 Å². The Morgan fingerprint density at radius 3 is 2.55 bits per heavy atom. The van der Waals surface area contributed by atoms with E-state index in [-0.39, 0.29) is 11.9 Å². The molecule has 6 nitrogen and oxygen atoms in total. The van der Waals surface area contributed by atoms with E-state index in [1.165, 1.54) is 16.0 Å². The van der Waals surface area contributed by atoms with Gasteiger partial charge >= 0.3 is 0 Å². The molecule has 2 heterocycles. The zero-order chi connectivity index (χ0) is 21.8. The molecule has 2 atom stereocenters. The molecule has 2 aromatic rings. The Balaban J connectivity index is 1.30. The molecule has 1 saturated heterocycles. The first-order valence-corrected chi connectivity index (χ1v) is 11.5. The summed E-state index contributed by atoms with van der Waals surface area (Å²) in [5, 5.41) is 3.21. The lowest BCUT2D eigenvalue weighted by atomic mass is 9.97. The summed E-state index contributed by atoms with van der Waals surface area (Å²) in [6.45, 7) is 11.9. The minimum Gasteiger partial charge on any atom is -0.454 e. The summed E-state index contributed by atoms with van der Waals surface area (Å²) < 4.78 is 10.9. The van der Waals surface area contributed by atoms with Gasteiger partial charge in [0.15, 0.2) is 17.5 Å². The van der Waals surface area contributed by atoms with Crippen LogP contribution in [0.15, 0.2) is 42.5 Å². The average Bonchev–Trinajstić information content (AvgIpc) is 3.27. The molecule has 2 aliphatic rings. The summed E-state index contributed by atoms with van der Waals surface area (Å²) in [6.07, 6.45) is 1.06. The maximum atomic E-state index is 13.0. The molecule has 2 aromatic carbocycles. The third-order valence-electron chi connectivity index (χ3n) is 6.86. The third kappa shape index (κ3) is 5.02. The summed E-state index contributed by atoms with van der Waals surface area (Å²) in [4.78, 5) is 15.9. The number of carbonyl (C=O) groups excluding carboxylic acids is 1. The van der Waals surface area contributed by atoms with Gasteiger partial charge in [-0.2, -0.15) is 0 Å². The fourth-order valence-electron chi connectivity index (χ4n) is 4.56. The number of carbonyl (C=O) groups is 1. The van der Waals surface area contributed by atoms with Crippen LogP contribution in [0.25, 0.3) is 0 Å². The van der Waals surface area contributed by atoms with Gasteiger partial charge in [0, 0.05) is 11.3 Å². The van der Waals surface area contributed by atoms with Gasteiger partial charge in [0.1, 0.15) is 32.7 Å². The normalized spacial score (nSPS) is 22.0. The molecule has 0 bridgehead atoms. The van der Waals surface area contributed by atoms with Crippen LogP contribution in [0.2, 0.25) is 0 Å². The summed E-state index contributed by atoms with van der Waals surface area (Å²) in [6, 6.07) is 14.4. The molecule has 0 radical (unpaired) electrons. The molecule has 31 heavy (non-hydrogen) atoms. The van der Waals surface area contributed by atoms with Crippen molar-refractivity contribution in [1.29, 1.82) is 0 Å². The predicted octanol–water partition coefficient (Wildman–Crippen LogP) is 1.24. The van der Waals surface area contributed by atoms with Crippen LogP contribution < -0.4 is 24.6 Å². The quantitative estimate of drug-likeness (QED) is 0.626. The fraction of sp³-hybridized carbons (Fsp3) is 0.480. The molecule has 4 rings (SSSR count). The van der Waals surface area contributed by atoms with Gasteiger partial charge in [-0.3, -0.25) is 4.79 Å². The van der Waals surface area contributed by atoms with Gasteiger partial charge in [0.05, 0.1) is 0 Å². The van der Waals surface area contributed by atoms with Crippen LogP contribution in [0.4, 0.5) is 5.69 Å². The van der Waals surface area contributed by atoms with Gasteiger partial charge in [-0.25, -0.2) is 0 Å². The number of para-hydroxylation sites is 1. The maximum Gasteiger partial charge on any atom is 0.282 e. The van der Waals surface area contributed by atoms with Crippen molar-refractivity contribution >= 4 is 11.6 Å². The second kappa shape index (κ2) is 9.71. The first-order valence-electron chi connectivity index (χ1n) is 11.5. The number of ether oxygens (including phenoxy) is 2. The first-order chi connectivity index (χ1) is 15.0. The smallest absolute Gasteiger partial charge is 0.282 e. The van der Waals surface area contributed by atoms with E-state index >= 15 is 0 Å². The van der Waals surface area contributed by atoms with Gasteiger partial charge in [-0.1, -0.05) is 32.0 Å². The van der Waals surface area contributed by atoms with Crippen molar-refractivity contribution in [3.8, 4) is 11.5 Å². The Hall–Kier alpha value is -2.57. The van der Waals surface area contributed by atoms with Gasteiger partial charge in [-0.15, -0.1) is 0 Å². The van der Waals surface area contributed by atoms with Crippen molar-refractivity contribution in [3.05, 3.63) is 53.6 Å². The average molecular weight is 426 g/mol. The molecule has 0 aliphatic carbocycles. The molecule has 2 aliphatic heterocycles. The molecule has 0 spiro atoms. The zero-order valence-corrected chi connectivity index (χ0v) is 18.9. The van der Waals surface area contributed by atoms with E-state index in [2.05, 4.69) is 44.3 Å². The van der Waals surface area contributed by atoms with Crippen molar-refractivity contribution in [3.63, 3.8) is 0 Å². The highest BCUT2D eigenvalue weighted by Crippen LogP contribution is 2.32. The molecule has 1 fully saturated rings. The summed E-state index contributed by atoms with van der Waals surface area (Å²) in [7, 11) is 0. The van der Waals surface area contributed by atoms with Crippen molar-refractivity contribution in [2.75, 3.05) is 38.3 Å². The predicted molar refractivity (Wildman–Crippen MR) is 121 cm³/mol. The number of benzene rings is 2. The molecule has 0 unspecified atom stereocenters. The topological polar surface area (TPSA) is 56.4 Å². The SMILES string of the molecule is CC[C@H](C)c1ccccc1NC(=O)[C@@H](C)[NH+]1CC[NH+](Cc2ccc3c(c2)OCO3)CC1. The number of quaternary nitrogens is 2. The maximum absolute atomic E-state index is 13.0. The van der Waals surface area contributed by atoms with E-state index in [9.17, 15) is 4.79 Å². The van der Waals surface area contributed by atoms with Crippen molar-refractivity contribution in [2.24, 2.45) is 0 Å². The number of hydrogen-bond donors (Lipinski definition) is 3. The Bertz CT molecular complexity index is 909. The number of hydrogen-bond acceptors (Lipinski definition) is 3. The van der Waals surface area contributed by atoms with Crippen LogP contribution in [-0.2, 0) is 11.3 Å². The molecular weight excluding hydrogens is 390 g/mol. The summed E-state index contributed by atoms with van der Waals surface area (Å²) in [5.74, 6) is 2.24. The molecule has 3 N–H and O–H groups in total. The lowest BCUT2D eigenvalue weighted by Gasteiger charge is -2.32. The molecule has 0 aromatic heterocycles. The zero-order valence-electron chi connectivity index (χ0n) is 18.9. The molecule has 6 heteroatoms. The summed E-state index contributed by atoms with van der Waals surface area (Å²) in [5.41, 5.74) is 3.45. The highest BCUT2D eigenvalue weighted by atomic mass is 16.7. The minimum atomic E-state index is -0.0583. The third-order valence-corrected chi connectivity index (χ3v) is 6.86. The Morgan fingerprint density at radius 1 is 1.03 bits per heavy atom. The lowest BCUT2D eigenvalue weighted by molar-refractivity contribution is -1.02. The fourth-order valence-corrected chi connectivity index (χ4v) is 4.56. The number of piperazine rings is 1. The van der Waals surface area contributed by atoms with Crippen LogP contribution in [-0.4, -0.2) is 44.9 Å². The number of anilines is 1. The van der Waals surface area contributed by atoms with Crippen LogP contribution >= 0.6 is 0 Å². The second-order valence-corrected chi connectivity index (χ2v) is 8.88. The molecule has 1 amide bonds. The number of rotatable bonds is 7. The number of nitrogens with one attached hydrogen (secondary N) is 3. The van der Waals surface area contributed by atoms with E-state index in [4.69, 9.17) is 9.47 Å². The molecule has 166 valence electrons. The van der Waals surface area contributed by atoms with Gasteiger partial charge in [0.2, 0.25) is 6.79 Å². The lowest BCUT2D eigenvalue weighted by Crippen LogP contribution is -3.29. The standard InChI is InChI=1S/C25H33N3O3/c1-4-18(2)21-7-5-6-8-22(21)26-25(29)19(3)28-13-11-27(12-14-28)16-20-9-10-23-24(15-20)31-17-30-23/h5-10,15,18-19H,4,11-14,16-17H2,1-3H3,(H,26,29)/p+2/t18-,19+/m0/s1. The van der Waals surface area contributed by atoms with Crippen molar-refractivity contribution in [2.45, 2.75) is 45.7 Å². The van der Waals surface area contributed by atoms with E-state index in [1.807, 2.05) is 24.3 Å². The van der Waals surface area contributed by atoms with Crippen molar-refractivity contribution in [1.82, 2.24) is 0 Å². The van der Waals surface area contributed by atoms with Crippen LogP contribution in [0.3, 0.4) is 0 Å². The Labute approximate surface area is 185 Å². The Kier molecular flexibility index (Phi) is 6.78. The van der Waals surface area contributed by atoms with Crippen LogP contribution in [0.1, 0.15) is 44.2 Å². The van der Waals surface area contributed by atoms with E-state index in [1.54, 1.807) is 4.90 Å². The van der Waals surface area contributed by atoms with Crippen LogP contribution in [0.5, 0.6) is 11.5 Å². The summed E-state index contributed by atoms with van der Waals surface area (Å²) >= 11 is 0. The molecule has 0 saturated carbocycles. The van der Waals surface area contributed by atoms with Crippen molar-refractivity contribution < 1.29 is 24.1 Å². The monoisotopic (exact) mass is 425 g/mol. The van der Waals surface area contributed by atoms with E-state index in [0.717, 1.165) is 56.3 Å². The van der Waals surface area contributed by atoms with Gasteiger partial charge < -0.3 is 24.6 Å². The number of amides is 1. The molecular formula is C25H35N3O3+2. The second-order valence-electron chi connectivity index (χ2n) is 8.88. The number of fused-ring (bicyclic) bond motifs is 1. The largest absolute Gasteiger partial charge is 0.454 e.